The first-order valence-corrected chi connectivity index (χ1v) is 8.99. The van der Waals surface area contributed by atoms with Crippen LogP contribution in [-0.4, -0.2) is 20.8 Å². The van der Waals surface area contributed by atoms with Crippen LogP contribution in [0.25, 0.3) is 10.8 Å². The van der Waals surface area contributed by atoms with E-state index in [4.69, 9.17) is 0 Å². The van der Waals surface area contributed by atoms with Crippen molar-refractivity contribution in [2.24, 2.45) is 0 Å². The van der Waals surface area contributed by atoms with Gasteiger partial charge in [0.2, 0.25) is 11.6 Å². The number of carbonyl (C=O) groups excluding carboxylic acids is 1. The van der Waals surface area contributed by atoms with Crippen LogP contribution in [0.3, 0.4) is 0 Å². The molecule has 0 aliphatic rings. The van der Waals surface area contributed by atoms with E-state index in [0.717, 1.165) is 10.8 Å². The van der Waals surface area contributed by atoms with Crippen molar-refractivity contribution < 1.29 is 9.72 Å². The normalized spacial score (nSPS) is 10.4. The Hall–Kier alpha value is -4.53. The molecule has 0 aliphatic heterocycles. The Morgan fingerprint density at radius 2 is 1.57 bits per heavy atom. The van der Waals surface area contributed by atoms with Crippen molar-refractivity contribution in [3.05, 3.63) is 94.8 Å². The van der Waals surface area contributed by atoms with Crippen LogP contribution in [0.15, 0.2) is 79.1 Å². The van der Waals surface area contributed by atoms with Crippen molar-refractivity contribution in [1.29, 1.82) is 0 Å². The maximum Gasteiger partial charge on any atom is 0.355 e. The smallest absolute Gasteiger partial charge is 0.334 e. The number of fused-ring (bicyclic) bond motifs is 1. The quantitative estimate of drug-likeness (QED) is 0.330. The second kappa shape index (κ2) is 8.23. The number of aromatic nitrogens is 2. The van der Waals surface area contributed by atoms with Gasteiger partial charge >= 0.3 is 5.69 Å². The maximum atomic E-state index is 12.2. The third kappa shape index (κ3) is 3.85. The summed E-state index contributed by atoms with van der Waals surface area (Å²) in [5, 5.41) is 16.6. The van der Waals surface area contributed by atoms with E-state index in [-0.39, 0.29) is 11.6 Å². The summed E-state index contributed by atoms with van der Waals surface area (Å²) < 4.78 is 0. The van der Waals surface area contributed by atoms with Crippen LogP contribution in [0.2, 0.25) is 0 Å². The number of amides is 1. The molecule has 30 heavy (non-hydrogen) atoms. The zero-order valence-electron chi connectivity index (χ0n) is 15.6. The van der Waals surface area contributed by atoms with Gasteiger partial charge in [-0.25, -0.2) is 9.97 Å². The first-order valence-electron chi connectivity index (χ1n) is 8.99. The van der Waals surface area contributed by atoms with E-state index in [2.05, 4.69) is 26.1 Å². The first kappa shape index (κ1) is 18.8. The molecule has 1 heterocycles. The van der Waals surface area contributed by atoms with Crippen LogP contribution < -0.4 is 16.2 Å². The van der Waals surface area contributed by atoms with Gasteiger partial charge < -0.3 is 5.32 Å². The molecule has 148 valence electrons. The van der Waals surface area contributed by atoms with E-state index in [9.17, 15) is 14.9 Å². The number of hydrogen-bond acceptors (Lipinski definition) is 7. The highest BCUT2D eigenvalue weighted by Crippen LogP contribution is 2.33. The highest BCUT2D eigenvalue weighted by molar-refractivity contribution is 5.96. The molecule has 0 aliphatic carbocycles. The minimum atomic E-state index is -0.607. The molecule has 0 bridgehead atoms. The van der Waals surface area contributed by atoms with Gasteiger partial charge in [0, 0.05) is 16.6 Å². The van der Waals surface area contributed by atoms with Crippen LogP contribution >= 0.6 is 0 Å². The lowest BCUT2D eigenvalue weighted by Crippen LogP contribution is -2.30. The Morgan fingerprint density at radius 3 is 2.37 bits per heavy atom. The van der Waals surface area contributed by atoms with Crippen molar-refractivity contribution in [2.75, 3.05) is 10.7 Å². The van der Waals surface area contributed by atoms with Gasteiger partial charge in [-0.1, -0.05) is 54.6 Å². The molecule has 0 spiro atoms. The van der Waals surface area contributed by atoms with Gasteiger partial charge in [-0.2, -0.15) is 0 Å². The van der Waals surface area contributed by atoms with Gasteiger partial charge in [-0.15, -0.1) is 0 Å². The molecule has 3 N–H and O–H groups in total. The number of benzene rings is 3. The predicted molar refractivity (Wildman–Crippen MR) is 113 cm³/mol. The van der Waals surface area contributed by atoms with Crippen molar-refractivity contribution in [2.45, 2.75) is 0 Å². The fourth-order valence-electron chi connectivity index (χ4n) is 2.97. The van der Waals surface area contributed by atoms with Gasteiger partial charge in [0.15, 0.2) is 0 Å². The summed E-state index contributed by atoms with van der Waals surface area (Å²) >= 11 is 0. The summed E-state index contributed by atoms with van der Waals surface area (Å²) in [6.07, 6.45) is 1.18. The summed E-state index contributed by atoms with van der Waals surface area (Å²) in [4.78, 5) is 31.3. The Kier molecular flexibility index (Phi) is 5.16. The number of hydrazine groups is 1. The maximum absolute atomic E-state index is 12.2. The zero-order chi connectivity index (χ0) is 20.9. The van der Waals surface area contributed by atoms with Gasteiger partial charge in [-0.05, 0) is 23.6 Å². The molecule has 4 rings (SSSR count). The molecular weight excluding hydrogens is 384 g/mol. The molecule has 1 aromatic heterocycles. The Balaban J connectivity index is 1.63. The van der Waals surface area contributed by atoms with Crippen LogP contribution in [0.5, 0.6) is 0 Å². The third-order valence-corrected chi connectivity index (χ3v) is 4.38. The van der Waals surface area contributed by atoms with Gasteiger partial charge in [0.25, 0.3) is 5.91 Å². The van der Waals surface area contributed by atoms with E-state index in [1.165, 1.54) is 6.33 Å². The monoisotopic (exact) mass is 400 g/mol. The number of nitrogens with zero attached hydrogens (tertiary/aromatic N) is 3. The standard InChI is InChI=1S/C21H16N6O3/c28-21(15-8-2-1-3-9-15)26-25-20-18(27(29)30)19(22-13-23-20)24-17-12-6-10-14-7-4-5-11-16(14)17/h1-13H,(H,26,28)(H2,22,23,24,25). The SMILES string of the molecule is O=C(NNc1ncnc(Nc2cccc3ccccc23)c1[N+](=O)[O-])c1ccccc1. The molecular formula is C21H16N6O3. The van der Waals surface area contributed by atoms with Crippen molar-refractivity contribution >= 4 is 39.7 Å². The van der Waals surface area contributed by atoms with Crippen LogP contribution in [0.4, 0.5) is 23.0 Å². The second-order valence-electron chi connectivity index (χ2n) is 6.27. The topological polar surface area (TPSA) is 122 Å². The van der Waals surface area contributed by atoms with Crippen LogP contribution in [-0.2, 0) is 0 Å². The lowest BCUT2D eigenvalue weighted by Gasteiger charge is -2.12. The summed E-state index contributed by atoms with van der Waals surface area (Å²) in [6.45, 7) is 0. The molecule has 9 nitrogen and oxygen atoms in total. The fraction of sp³-hybridized carbons (Fsp3) is 0. The average molecular weight is 400 g/mol. The van der Waals surface area contributed by atoms with E-state index in [1.54, 1.807) is 36.4 Å². The Bertz CT molecular complexity index is 1220. The number of carbonyl (C=O) groups is 1. The number of rotatable bonds is 6. The minimum Gasteiger partial charge on any atom is -0.334 e. The number of nitro groups is 1. The Morgan fingerprint density at radius 1 is 0.867 bits per heavy atom. The van der Waals surface area contributed by atoms with Gasteiger partial charge in [0.1, 0.15) is 6.33 Å². The predicted octanol–water partition coefficient (Wildman–Crippen LogP) is 4.04. The first-order chi connectivity index (χ1) is 14.6. The number of hydrogen-bond donors (Lipinski definition) is 3. The Labute approximate surface area is 170 Å². The van der Waals surface area contributed by atoms with Crippen LogP contribution in [0, 0.1) is 10.1 Å². The summed E-state index contributed by atoms with van der Waals surface area (Å²) in [7, 11) is 0. The number of anilines is 3. The molecule has 0 saturated carbocycles. The largest absolute Gasteiger partial charge is 0.355 e. The van der Waals surface area contributed by atoms with E-state index >= 15 is 0 Å². The van der Waals surface area contributed by atoms with E-state index < -0.39 is 16.5 Å². The molecule has 3 aromatic carbocycles. The fourth-order valence-corrected chi connectivity index (χ4v) is 2.97. The average Bonchev–Trinajstić information content (AvgIpc) is 2.78. The molecule has 0 atom stereocenters. The summed E-state index contributed by atoms with van der Waals surface area (Å²) in [6, 6.07) is 21.7. The summed E-state index contributed by atoms with van der Waals surface area (Å²) in [5.41, 5.74) is 5.61. The second-order valence-corrected chi connectivity index (χ2v) is 6.27. The molecule has 9 heteroatoms. The molecule has 4 aromatic rings. The molecule has 0 unspecified atom stereocenters. The molecule has 0 fully saturated rings. The summed E-state index contributed by atoms with van der Waals surface area (Å²) in [5.74, 6) is -0.586. The van der Waals surface area contributed by atoms with E-state index in [1.807, 2.05) is 36.4 Å². The third-order valence-electron chi connectivity index (χ3n) is 4.38. The molecule has 0 radical (unpaired) electrons. The minimum absolute atomic E-state index is 0.00260. The lowest BCUT2D eigenvalue weighted by atomic mass is 10.1. The lowest BCUT2D eigenvalue weighted by molar-refractivity contribution is -0.383. The van der Waals surface area contributed by atoms with Gasteiger partial charge in [-0.3, -0.25) is 25.8 Å². The van der Waals surface area contributed by atoms with E-state index in [0.29, 0.717) is 11.3 Å². The highest BCUT2D eigenvalue weighted by atomic mass is 16.6. The molecule has 1 amide bonds. The van der Waals surface area contributed by atoms with Crippen LogP contribution in [0.1, 0.15) is 10.4 Å². The highest BCUT2D eigenvalue weighted by Gasteiger charge is 2.24. The van der Waals surface area contributed by atoms with Crippen molar-refractivity contribution in [1.82, 2.24) is 15.4 Å². The zero-order valence-corrected chi connectivity index (χ0v) is 15.6. The molecule has 0 saturated heterocycles. The van der Waals surface area contributed by atoms with Crippen molar-refractivity contribution in [3.8, 4) is 0 Å². The van der Waals surface area contributed by atoms with Gasteiger partial charge in [0.05, 0.1) is 4.92 Å². The number of nitrogens with one attached hydrogen (secondary N) is 3. The van der Waals surface area contributed by atoms with Crippen molar-refractivity contribution in [3.63, 3.8) is 0 Å².